The van der Waals surface area contributed by atoms with Crippen molar-refractivity contribution in [1.82, 2.24) is 4.98 Å². The highest BCUT2D eigenvalue weighted by Crippen LogP contribution is 2.22. The van der Waals surface area contributed by atoms with Crippen LogP contribution in [0.1, 0.15) is 10.4 Å². The minimum absolute atomic E-state index is 0.102. The van der Waals surface area contributed by atoms with Gasteiger partial charge >= 0.3 is 0 Å². The Labute approximate surface area is 107 Å². The second-order valence-electron chi connectivity index (χ2n) is 3.32. The molecule has 0 atom stereocenters. The lowest BCUT2D eigenvalue weighted by Gasteiger charge is -2.05. The Bertz CT molecular complexity index is 593. The van der Waals surface area contributed by atoms with E-state index in [1.807, 2.05) is 6.07 Å². The predicted octanol–water partition coefficient (Wildman–Crippen LogP) is 2.02. The summed E-state index contributed by atoms with van der Waals surface area (Å²) in [5.41, 5.74) is 2.67. The van der Waals surface area contributed by atoms with Crippen LogP contribution < -0.4 is 16.0 Å². The summed E-state index contributed by atoms with van der Waals surface area (Å²) in [6.45, 7) is 0.197. The second kappa shape index (κ2) is 5.44. The van der Waals surface area contributed by atoms with Crippen molar-refractivity contribution in [2.24, 2.45) is 5.84 Å². The van der Waals surface area contributed by atoms with Crippen molar-refractivity contribution in [1.29, 1.82) is 5.26 Å². The van der Waals surface area contributed by atoms with Crippen molar-refractivity contribution in [2.75, 3.05) is 5.43 Å². The van der Waals surface area contributed by atoms with E-state index in [2.05, 4.69) is 10.4 Å². The number of nitrogens with zero attached hydrogens (tertiary/aromatic N) is 2. The summed E-state index contributed by atoms with van der Waals surface area (Å²) in [6, 6.07) is 5.91. The summed E-state index contributed by atoms with van der Waals surface area (Å²) in [7, 11) is 0. The molecular formula is C11H9FN4OS. The zero-order chi connectivity index (χ0) is 13.0. The fourth-order valence-corrected chi connectivity index (χ4v) is 1.91. The van der Waals surface area contributed by atoms with Crippen molar-refractivity contribution >= 4 is 16.5 Å². The number of nitrogens with one attached hydrogen (secondary N) is 1. The lowest BCUT2D eigenvalue weighted by Crippen LogP contribution is -2.05. The first kappa shape index (κ1) is 12.3. The zero-order valence-electron chi connectivity index (χ0n) is 9.18. The van der Waals surface area contributed by atoms with Crippen LogP contribution in [-0.4, -0.2) is 4.98 Å². The first-order valence-electron chi connectivity index (χ1n) is 4.96. The number of halogens is 1. The Balaban J connectivity index is 2.04. The van der Waals surface area contributed by atoms with Crippen LogP contribution in [0.3, 0.4) is 0 Å². The maximum atomic E-state index is 13.5. The minimum Gasteiger partial charge on any atom is -0.485 e. The highest BCUT2D eigenvalue weighted by molar-refractivity contribution is 7.15. The van der Waals surface area contributed by atoms with Gasteiger partial charge in [-0.3, -0.25) is 5.43 Å². The average Bonchev–Trinajstić information content (AvgIpc) is 2.85. The third-order valence-corrected chi connectivity index (χ3v) is 3.01. The van der Waals surface area contributed by atoms with Gasteiger partial charge in [0.05, 0.1) is 16.5 Å². The first-order chi connectivity index (χ1) is 8.72. The number of hydrazine groups is 1. The van der Waals surface area contributed by atoms with Crippen molar-refractivity contribution in [3.8, 4) is 11.8 Å². The van der Waals surface area contributed by atoms with Crippen LogP contribution in [0, 0.1) is 17.1 Å². The smallest absolute Gasteiger partial charge is 0.197 e. The molecule has 1 aromatic carbocycles. The van der Waals surface area contributed by atoms with Gasteiger partial charge in [-0.25, -0.2) is 15.2 Å². The normalized spacial score (nSPS) is 9.83. The Morgan fingerprint density at radius 2 is 2.39 bits per heavy atom. The molecule has 0 saturated carbocycles. The van der Waals surface area contributed by atoms with Gasteiger partial charge in [-0.05, 0) is 18.2 Å². The molecular weight excluding hydrogens is 255 g/mol. The van der Waals surface area contributed by atoms with Crippen molar-refractivity contribution in [3.63, 3.8) is 0 Å². The number of anilines is 1. The maximum absolute atomic E-state index is 13.5. The quantitative estimate of drug-likeness (QED) is 0.652. The fourth-order valence-electron chi connectivity index (χ4n) is 1.28. The van der Waals surface area contributed by atoms with Gasteiger partial charge in [0.25, 0.3) is 0 Å². The molecule has 0 bridgehead atoms. The summed E-state index contributed by atoms with van der Waals surface area (Å²) in [4.78, 5) is 4.77. The Morgan fingerprint density at radius 1 is 1.56 bits per heavy atom. The topological polar surface area (TPSA) is 84.0 Å². The van der Waals surface area contributed by atoms with Gasteiger partial charge in [-0.2, -0.15) is 5.26 Å². The maximum Gasteiger partial charge on any atom is 0.197 e. The highest BCUT2D eigenvalue weighted by atomic mass is 32.1. The summed E-state index contributed by atoms with van der Waals surface area (Å²) in [5.74, 6) is 4.74. The summed E-state index contributed by atoms with van der Waals surface area (Å²) in [6.07, 6.45) is 1.60. The number of hydrogen-bond acceptors (Lipinski definition) is 6. The number of benzene rings is 1. The van der Waals surface area contributed by atoms with E-state index in [-0.39, 0.29) is 17.9 Å². The average molecular weight is 264 g/mol. The van der Waals surface area contributed by atoms with Gasteiger partial charge in [0.15, 0.2) is 16.7 Å². The molecule has 1 heterocycles. The number of hydrogen-bond donors (Lipinski definition) is 2. The molecule has 0 spiro atoms. The van der Waals surface area contributed by atoms with E-state index in [1.165, 1.54) is 23.5 Å². The minimum atomic E-state index is -0.560. The number of thiazole rings is 1. The molecule has 0 saturated heterocycles. The number of ether oxygens (including phenoxy) is 1. The molecule has 0 aliphatic carbocycles. The third kappa shape index (κ3) is 2.74. The van der Waals surface area contributed by atoms with Crippen LogP contribution in [0.4, 0.5) is 9.52 Å². The molecule has 2 aromatic rings. The zero-order valence-corrected chi connectivity index (χ0v) is 10.00. The van der Waals surface area contributed by atoms with Gasteiger partial charge in [-0.1, -0.05) is 11.3 Å². The lowest BCUT2D eigenvalue weighted by molar-refractivity contribution is 0.293. The number of aromatic nitrogens is 1. The number of nitriles is 1. The monoisotopic (exact) mass is 264 g/mol. The molecule has 3 N–H and O–H groups in total. The van der Waals surface area contributed by atoms with E-state index in [0.29, 0.717) is 5.13 Å². The number of nitrogens with two attached hydrogens (primary N) is 1. The Hall–Kier alpha value is -2.17. The SMILES string of the molecule is N#Cc1ccc(OCc2cnc(NN)s2)c(F)c1. The molecule has 5 nitrogen and oxygen atoms in total. The van der Waals surface area contributed by atoms with Gasteiger partial charge < -0.3 is 4.74 Å². The van der Waals surface area contributed by atoms with Gasteiger partial charge in [-0.15, -0.1) is 0 Å². The van der Waals surface area contributed by atoms with Gasteiger partial charge in [0.1, 0.15) is 6.61 Å². The summed E-state index contributed by atoms with van der Waals surface area (Å²) >= 11 is 1.32. The van der Waals surface area contributed by atoms with Crippen molar-refractivity contribution in [2.45, 2.75) is 6.61 Å². The molecule has 7 heteroatoms. The molecule has 0 aliphatic heterocycles. The molecule has 0 unspecified atom stereocenters. The van der Waals surface area contributed by atoms with E-state index >= 15 is 0 Å². The van der Waals surface area contributed by atoms with E-state index in [1.54, 1.807) is 6.20 Å². The van der Waals surface area contributed by atoms with E-state index < -0.39 is 5.82 Å². The van der Waals surface area contributed by atoms with Crippen LogP contribution in [0.25, 0.3) is 0 Å². The van der Waals surface area contributed by atoms with Gasteiger partial charge in [0.2, 0.25) is 0 Å². The van der Waals surface area contributed by atoms with Crippen LogP contribution in [0.2, 0.25) is 0 Å². The summed E-state index contributed by atoms with van der Waals surface area (Å²) < 4.78 is 18.8. The van der Waals surface area contributed by atoms with Crippen molar-refractivity contribution < 1.29 is 9.13 Å². The molecule has 0 fully saturated rings. The highest BCUT2D eigenvalue weighted by Gasteiger charge is 2.06. The van der Waals surface area contributed by atoms with E-state index in [0.717, 1.165) is 10.9 Å². The lowest BCUT2D eigenvalue weighted by atomic mass is 10.2. The van der Waals surface area contributed by atoms with Crippen LogP contribution in [0.5, 0.6) is 5.75 Å². The van der Waals surface area contributed by atoms with E-state index in [4.69, 9.17) is 15.8 Å². The molecule has 0 aliphatic rings. The van der Waals surface area contributed by atoms with Crippen molar-refractivity contribution in [3.05, 3.63) is 40.7 Å². The van der Waals surface area contributed by atoms with E-state index in [9.17, 15) is 4.39 Å². The molecule has 1 aromatic heterocycles. The van der Waals surface area contributed by atoms with Crippen LogP contribution >= 0.6 is 11.3 Å². The molecule has 0 amide bonds. The first-order valence-corrected chi connectivity index (χ1v) is 5.78. The fraction of sp³-hybridized carbons (Fsp3) is 0.0909. The number of rotatable bonds is 4. The predicted molar refractivity (Wildman–Crippen MR) is 65.4 cm³/mol. The Kier molecular flexibility index (Phi) is 3.72. The third-order valence-electron chi connectivity index (χ3n) is 2.11. The molecule has 18 heavy (non-hydrogen) atoms. The molecule has 92 valence electrons. The van der Waals surface area contributed by atoms with Crippen LogP contribution in [0.15, 0.2) is 24.4 Å². The Morgan fingerprint density at radius 3 is 3.00 bits per heavy atom. The van der Waals surface area contributed by atoms with Gasteiger partial charge in [0, 0.05) is 6.20 Å². The largest absolute Gasteiger partial charge is 0.485 e. The molecule has 2 rings (SSSR count). The summed E-state index contributed by atoms with van der Waals surface area (Å²) in [5, 5.41) is 9.17. The number of nitrogen functional groups attached to an aromatic ring is 1. The van der Waals surface area contributed by atoms with Crippen LogP contribution in [-0.2, 0) is 6.61 Å². The standard InChI is InChI=1S/C11H9FN4OS/c12-9-3-7(4-13)1-2-10(9)17-6-8-5-15-11(16-14)18-8/h1-3,5H,6,14H2,(H,15,16). The second-order valence-corrected chi connectivity index (χ2v) is 4.44. The molecule has 0 radical (unpaired) electrons.